The lowest BCUT2D eigenvalue weighted by Gasteiger charge is -2.01. The van der Waals surface area contributed by atoms with Crippen LogP contribution in [0.25, 0.3) is 11.3 Å². The third kappa shape index (κ3) is 6.70. The van der Waals surface area contributed by atoms with Crippen LogP contribution in [-0.4, -0.2) is 22.3 Å². The number of rotatable bonds is 10. The van der Waals surface area contributed by atoms with E-state index in [0.717, 1.165) is 29.7 Å². The third-order valence-electron chi connectivity index (χ3n) is 3.95. The summed E-state index contributed by atoms with van der Waals surface area (Å²) in [4.78, 5) is 11.8. The summed E-state index contributed by atoms with van der Waals surface area (Å²) in [6, 6.07) is 7.45. The first-order chi connectivity index (χ1) is 12.2. The molecule has 0 aliphatic rings. The molecule has 0 spiro atoms. The van der Waals surface area contributed by atoms with Crippen molar-refractivity contribution >= 4 is 23.7 Å². The molecule has 0 radical (unpaired) electrons. The van der Waals surface area contributed by atoms with E-state index < -0.39 is 0 Å². The Morgan fingerprint density at radius 1 is 1.20 bits per heavy atom. The van der Waals surface area contributed by atoms with E-state index in [0.29, 0.717) is 11.4 Å². The van der Waals surface area contributed by atoms with Gasteiger partial charge in [-0.15, -0.1) is 0 Å². The van der Waals surface area contributed by atoms with Crippen molar-refractivity contribution in [3.05, 3.63) is 41.0 Å². The number of hydrogen-bond donors (Lipinski definition) is 2. The Morgan fingerprint density at radius 2 is 1.92 bits per heavy atom. The van der Waals surface area contributed by atoms with Crippen molar-refractivity contribution in [3.8, 4) is 11.3 Å². The lowest BCUT2D eigenvalue weighted by Crippen LogP contribution is -2.16. The molecule has 134 valence electrons. The van der Waals surface area contributed by atoms with Gasteiger partial charge in [0.25, 0.3) is 0 Å². The number of carbonyl (C=O) groups excluding carboxylic acids is 1. The number of hydrogen-bond acceptors (Lipinski definition) is 3. The predicted octanol–water partition coefficient (Wildman–Crippen LogP) is 4.93. The smallest absolute Gasteiger partial charge is 0.240 e. The van der Waals surface area contributed by atoms with Gasteiger partial charge >= 0.3 is 0 Å². The predicted molar refractivity (Wildman–Crippen MR) is 103 cm³/mol. The van der Waals surface area contributed by atoms with Gasteiger partial charge in [0.1, 0.15) is 0 Å². The summed E-state index contributed by atoms with van der Waals surface area (Å²) in [6.45, 7) is 2.20. The van der Waals surface area contributed by atoms with E-state index in [4.69, 9.17) is 11.6 Å². The molecule has 1 heterocycles. The van der Waals surface area contributed by atoms with E-state index in [2.05, 4.69) is 27.6 Å². The second kappa shape index (κ2) is 10.7. The van der Waals surface area contributed by atoms with Gasteiger partial charge in [-0.25, -0.2) is 5.43 Å². The minimum atomic E-state index is -0.0525. The number of halogens is 1. The van der Waals surface area contributed by atoms with Gasteiger partial charge in [0.15, 0.2) is 0 Å². The van der Waals surface area contributed by atoms with Crippen molar-refractivity contribution in [2.75, 3.05) is 0 Å². The number of aromatic nitrogens is 2. The number of H-pyrrole nitrogens is 1. The van der Waals surface area contributed by atoms with Crippen molar-refractivity contribution in [1.82, 2.24) is 15.6 Å². The molecule has 0 unspecified atom stereocenters. The van der Waals surface area contributed by atoms with Gasteiger partial charge in [-0.3, -0.25) is 9.89 Å². The Bertz CT molecular complexity index is 679. The molecule has 0 saturated carbocycles. The highest BCUT2D eigenvalue weighted by atomic mass is 35.5. The average Bonchev–Trinajstić information content (AvgIpc) is 3.07. The molecule has 6 heteroatoms. The molecule has 1 aromatic heterocycles. The fraction of sp³-hybridized carbons (Fsp3) is 0.421. The molecule has 0 atom stereocenters. The zero-order valence-electron chi connectivity index (χ0n) is 14.6. The summed E-state index contributed by atoms with van der Waals surface area (Å²) in [7, 11) is 0. The summed E-state index contributed by atoms with van der Waals surface area (Å²) < 4.78 is 0. The van der Waals surface area contributed by atoms with Crippen molar-refractivity contribution in [1.29, 1.82) is 0 Å². The van der Waals surface area contributed by atoms with Crippen LogP contribution < -0.4 is 5.43 Å². The molecule has 1 aromatic carbocycles. The Labute approximate surface area is 153 Å². The van der Waals surface area contributed by atoms with E-state index in [1.807, 2.05) is 24.3 Å². The molecular formula is C19H25ClN4O. The van der Waals surface area contributed by atoms with Crippen LogP contribution in [0, 0.1) is 0 Å². The number of unbranched alkanes of at least 4 members (excludes halogenated alkanes) is 5. The molecule has 0 saturated heterocycles. The van der Waals surface area contributed by atoms with Crippen LogP contribution in [0.15, 0.2) is 35.6 Å². The Morgan fingerprint density at radius 3 is 2.68 bits per heavy atom. The largest absolute Gasteiger partial charge is 0.277 e. The molecular weight excluding hydrogens is 336 g/mol. The SMILES string of the molecule is CCCCCCCCC(=O)N/N=C\c1cn[nH]c1-c1ccc(Cl)cc1. The molecule has 0 aliphatic carbocycles. The highest BCUT2D eigenvalue weighted by molar-refractivity contribution is 6.30. The van der Waals surface area contributed by atoms with Crippen LogP contribution in [0.3, 0.4) is 0 Å². The van der Waals surface area contributed by atoms with Crippen molar-refractivity contribution in [2.24, 2.45) is 5.10 Å². The second-order valence-corrected chi connectivity index (χ2v) is 6.45. The van der Waals surface area contributed by atoms with Gasteiger partial charge in [-0.2, -0.15) is 10.2 Å². The lowest BCUT2D eigenvalue weighted by atomic mass is 10.1. The number of aromatic amines is 1. The lowest BCUT2D eigenvalue weighted by molar-refractivity contribution is -0.121. The average molecular weight is 361 g/mol. The quantitative estimate of drug-likeness (QED) is 0.358. The molecule has 25 heavy (non-hydrogen) atoms. The van der Waals surface area contributed by atoms with E-state index in [1.54, 1.807) is 12.4 Å². The normalized spacial score (nSPS) is 11.1. The monoisotopic (exact) mass is 360 g/mol. The maximum Gasteiger partial charge on any atom is 0.240 e. The number of benzene rings is 1. The molecule has 0 aliphatic heterocycles. The zero-order chi connectivity index (χ0) is 17.9. The van der Waals surface area contributed by atoms with Crippen LogP contribution >= 0.6 is 11.6 Å². The number of nitrogens with zero attached hydrogens (tertiary/aromatic N) is 2. The Balaban J connectivity index is 1.78. The molecule has 1 amide bonds. The van der Waals surface area contributed by atoms with Crippen molar-refractivity contribution in [3.63, 3.8) is 0 Å². The third-order valence-corrected chi connectivity index (χ3v) is 4.20. The first kappa shape index (κ1) is 19.2. The van der Waals surface area contributed by atoms with Gasteiger partial charge < -0.3 is 0 Å². The molecule has 0 fully saturated rings. The van der Waals surface area contributed by atoms with Crippen LogP contribution in [0.5, 0.6) is 0 Å². The van der Waals surface area contributed by atoms with Crippen LogP contribution in [0.2, 0.25) is 5.02 Å². The molecule has 5 nitrogen and oxygen atoms in total. The molecule has 0 bridgehead atoms. The number of amides is 1. The van der Waals surface area contributed by atoms with Crippen LogP contribution in [0.1, 0.15) is 57.4 Å². The maximum atomic E-state index is 11.8. The van der Waals surface area contributed by atoms with Gasteiger partial charge in [-0.05, 0) is 18.6 Å². The second-order valence-electron chi connectivity index (χ2n) is 6.02. The van der Waals surface area contributed by atoms with Gasteiger partial charge in [0.05, 0.1) is 18.1 Å². The van der Waals surface area contributed by atoms with Crippen LogP contribution in [0.4, 0.5) is 0 Å². The fourth-order valence-corrected chi connectivity index (χ4v) is 2.66. The maximum absolute atomic E-state index is 11.8. The first-order valence-corrected chi connectivity index (χ1v) is 9.19. The van der Waals surface area contributed by atoms with Crippen molar-refractivity contribution < 1.29 is 4.79 Å². The summed E-state index contributed by atoms with van der Waals surface area (Å²) in [5.74, 6) is -0.0525. The summed E-state index contributed by atoms with van der Waals surface area (Å²) in [5, 5.41) is 11.7. The standard InChI is InChI=1S/C19H25ClN4O/c1-2-3-4-5-6-7-8-18(25)23-21-13-16-14-22-24-19(16)15-9-11-17(20)12-10-15/h9-14H,2-8H2,1H3,(H,22,24)(H,23,25)/b21-13-. The summed E-state index contributed by atoms with van der Waals surface area (Å²) in [6.07, 6.45) is 10.8. The Kier molecular flexibility index (Phi) is 8.19. The minimum Gasteiger partial charge on any atom is -0.277 e. The summed E-state index contributed by atoms with van der Waals surface area (Å²) >= 11 is 5.91. The van der Waals surface area contributed by atoms with E-state index in [-0.39, 0.29) is 5.91 Å². The molecule has 2 rings (SSSR count). The molecule has 2 aromatic rings. The van der Waals surface area contributed by atoms with Crippen LogP contribution in [-0.2, 0) is 4.79 Å². The fourth-order valence-electron chi connectivity index (χ4n) is 2.54. The van der Waals surface area contributed by atoms with Gasteiger partial charge in [0, 0.05) is 22.6 Å². The summed E-state index contributed by atoms with van der Waals surface area (Å²) in [5.41, 5.74) is 5.18. The molecule has 2 N–H and O–H groups in total. The first-order valence-electron chi connectivity index (χ1n) is 8.82. The highest BCUT2D eigenvalue weighted by Crippen LogP contribution is 2.21. The topological polar surface area (TPSA) is 70.1 Å². The van der Waals surface area contributed by atoms with E-state index >= 15 is 0 Å². The highest BCUT2D eigenvalue weighted by Gasteiger charge is 2.06. The minimum absolute atomic E-state index is 0.0525. The number of carbonyl (C=O) groups is 1. The van der Waals surface area contributed by atoms with E-state index in [9.17, 15) is 4.79 Å². The number of nitrogens with one attached hydrogen (secondary N) is 2. The zero-order valence-corrected chi connectivity index (χ0v) is 15.4. The number of hydrazone groups is 1. The van der Waals surface area contributed by atoms with E-state index in [1.165, 1.54) is 25.7 Å². The van der Waals surface area contributed by atoms with Gasteiger partial charge in [0.2, 0.25) is 5.91 Å². The van der Waals surface area contributed by atoms with Crippen molar-refractivity contribution in [2.45, 2.75) is 51.9 Å². The Hall–Kier alpha value is -2.14. The van der Waals surface area contributed by atoms with Gasteiger partial charge in [-0.1, -0.05) is 62.8 Å².